The van der Waals surface area contributed by atoms with Crippen LogP contribution in [0.1, 0.15) is 43.6 Å². The zero-order valence-electron chi connectivity index (χ0n) is 16.6. The number of rotatable bonds is 2. The van der Waals surface area contributed by atoms with Crippen molar-refractivity contribution in [2.75, 3.05) is 31.3 Å². The van der Waals surface area contributed by atoms with Crippen LogP contribution in [-0.2, 0) is 19.2 Å². The average Bonchev–Trinajstić information content (AvgIpc) is 3.05. The highest BCUT2D eigenvalue weighted by Gasteiger charge is 2.38. The lowest BCUT2D eigenvalue weighted by atomic mass is 9.82. The first kappa shape index (κ1) is 19.7. The van der Waals surface area contributed by atoms with Crippen molar-refractivity contribution in [2.24, 2.45) is 0 Å². The standard InChI is InChI=1S/C21H31N3O3S/c1-28(2,26)23-19-11-12-24-20(19)14-27-16-9-7-15(8-10-16)17-5-3-4-6-18(17)22-13-21(24)25/h3-6,15-16,19-20,22H,1,7-14H2,2H3,(H,23,26)/t15?,16?,19-,20-,28?/m0/s1. The van der Waals surface area contributed by atoms with Gasteiger partial charge in [-0.1, -0.05) is 18.2 Å². The van der Waals surface area contributed by atoms with Gasteiger partial charge in [-0.05, 0) is 55.5 Å². The molecule has 0 radical (unpaired) electrons. The SMILES string of the molecule is C=S(C)(=O)N[C@H]1CCN2C(=O)CNc3ccccc3C3CCC(CC3)OC[C@@H]12. The normalized spacial score (nSPS) is 32.9. The zero-order valence-corrected chi connectivity index (χ0v) is 17.4. The number of benzene rings is 1. The lowest BCUT2D eigenvalue weighted by molar-refractivity contribution is -0.132. The van der Waals surface area contributed by atoms with Crippen LogP contribution in [0.2, 0.25) is 0 Å². The van der Waals surface area contributed by atoms with Crippen LogP contribution < -0.4 is 10.0 Å². The van der Waals surface area contributed by atoms with Crippen LogP contribution in [0, 0.1) is 0 Å². The van der Waals surface area contributed by atoms with E-state index in [0.717, 1.165) is 37.8 Å². The fraction of sp³-hybridized carbons (Fsp3) is 0.619. The van der Waals surface area contributed by atoms with E-state index in [0.29, 0.717) is 19.1 Å². The molecule has 28 heavy (non-hydrogen) atoms. The number of fused-ring (bicyclic) bond motifs is 5. The van der Waals surface area contributed by atoms with E-state index < -0.39 is 9.71 Å². The van der Waals surface area contributed by atoms with Crippen LogP contribution >= 0.6 is 0 Å². The molecule has 154 valence electrons. The average molecular weight is 406 g/mol. The Balaban J connectivity index is 1.59. The summed E-state index contributed by atoms with van der Waals surface area (Å²) in [5, 5.41) is 3.39. The lowest BCUT2D eigenvalue weighted by Crippen LogP contribution is -2.50. The maximum absolute atomic E-state index is 13.0. The Morgan fingerprint density at radius 2 is 1.96 bits per heavy atom. The van der Waals surface area contributed by atoms with Gasteiger partial charge in [0.15, 0.2) is 0 Å². The molecular weight excluding hydrogens is 374 g/mol. The van der Waals surface area contributed by atoms with Gasteiger partial charge < -0.3 is 15.0 Å². The molecule has 3 heterocycles. The number of ether oxygens (including phenoxy) is 1. The molecule has 3 atom stereocenters. The molecule has 1 aromatic rings. The predicted octanol–water partition coefficient (Wildman–Crippen LogP) is 1.98. The van der Waals surface area contributed by atoms with Gasteiger partial charge >= 0.3 is 0 Å². The van der Waals surface area contributed by atoms with E-state index in [1.165, 1.54) is 5.56 Å². The molecule has 3 aliphatic heterocycles. The first-order valence-corrected chi connectivity index (χ1v) is 12.4. The monoisotopic (exact) mass is 405 g/mol. The largest absolute Gasteiger partial charge is 0.376 e. The Morgan fingerprint density at radius 3 is 2.71 bits per heavy atom. The zero-order chi connectivity index (χ0) is 19.7. The van der Waals surface area contributed by atoms with E-state index in [4.69, 9.17) is 4.74 Å². The van der Waals surface area contributed by atoms with Crippen molar-refractivity contribution in [3.63, 3.8) is 0 Å². The molecule has 2 fully saturated rings. The number of para-hydroxylation sites is 1. The van der Waals surface area contributed by atoms with Gasteiger partial charge in [-0.3, -0.25) is 9.00 Å². The minimum absolute atomic E-state index is 0.0484. The quantitative estimate of drug-likeness (QED) is 0.738. The molecule has 1 aromatic carbocycles. The van der Waals surface area contributed by atoms with Gasteiger partial charge in [0.1, 0.15) is 0 Å². The van der Waals surface area contributed by atoms with E-state index >= 15 is 0 Å². The second kappa shape index (κ2) is 8.05. The van der Waals surface area contributed by atoms with Crippen LogP contribution in [0.5, 0.6) is 0 Å². The van der Waals surface area contributed by atoms with E-state index in [1.54, 1.807) is 6.26 Å². The van der Waals surface area contributed by atoms with E-state index in [2.05, 4.69) is 34.1 Å². The summed E-state index contributed by atoms with van der Waals surface area (Å²) >= 11 is 0. The first-order valence-electron chi connectivity index (χ1n) is 10.2. The molecule has 1 aliphatic carbocycles. The highest BCUT2D eigenvalue weighted by Crippen LogP contribution is 2.38. The first-order chi connectivity index (χ1) is 13.4. The molecule has 1 amide bonds. The molecule has 7 heteroatoms. The van der Waals surface area contributed by atoms with Crippen molar-refractivity contribution in [3.8, 4) is 0 Å². The second-order valence-electron chi connectivity index (χ2n) is 8.42. The molecule has 1 unspecified atom stereocenters. The molecule has 1 saturated heterocycles. The predicted molar refractivity (Wildman–Crippen MR) is 114 cm³/mol. The Labute approximate surface area is 168 Å². The summed E-state index contributed by atoms with van der Waals surface area (Å²) in [5.41, 5.74) is 2.38. The van der Waals surface area contributed by atoms with Gasteiger partial charge in [-0.15, -0.1) is 0 Å². The summed E-state index contributed by atoms with van der Waals surface area (Å²) in [6, 6.07) is 8.21. The third kappa shape index (κ3) is 4.36. The molecular formula is C21H31N3O3S. The number of carbonyl (C=O) groups excluding carboxylic acids is 1. The third-order valence-electron chi connectivity index (χ3n) is 6.27. The number of hydrogen-bond donors (Lipinski definition) is 2. The Kier molecular flexibility index (Phi) is 5.67. The molecule has 1 saturated carbocycles. The van der Waals surface area contributed by atoms with Crippen LogP contribution in [0.25, 0.3) is 0 Å². The summed E-state index contributed by atoms with van der Waals surface area (Å²) < 4.78 is 21.6. The summed E-state index contributed by atoms with van der Waals surface area (Å²) in [6.07, 6.45) is 6.90. The van der Waals surface area contributed by atoms with Crippen LogP contribution in [0.3, 0.4) is 0 Å². The van der Waals surface area contributed by atoms with Crippen molar-refractivity contribution in [3.05, 3.63) is 29.8 Å². The van der Waals surface area contributed by atoms with E-state index in [1.807, 2.05) is 11.0 Å². The van der Waals surface area contributed by atoms with E-state index in [9.17, 15) is 9.00 Å². The van der Waals surface area contributed by atoms with Crippen LogP contribution in [0.4, 0.5) is 5.69 Å². The fourth-order valence-corrected chi connectivity index (χ4v) is 5.80. The van der Waals surface area contributed by atoms with Gasteiger partial charge in [0.05, 0.1) is 25.3 Å². The molecule has 2 bridgehead atoms. The fourth-order valence-electron chi connectivity index (χ4n) is 4.89. The number of amides is 1. The summed E-state index contributed by atoms with van der Waals surface area (Å²) in [5.74, 6) is 4.31. The van der Waals surface area contributed by atoms with Gasteiger partial charge in [-0.25, -0.2) is 4.72 Å². The molecule has 2 N–H and O–H groups in total. The van der Waals surface area contributed by atoms with Crippen LogP contribution in [0.15, 0.2) is 24.3 Å². The van der Waals surface area contributed by atoms with E-state index in [-0.39, 0.29) is 30.6 Å². The Hall–Kier alpha value is -1.57. The summed E-state index contributed by atoms with van der Waals surface area (Å²) in [7, 11) is -2.34. The Morgan fingerprint density at radius 1 is 1.21 bits per heavy atom. The molecule has 5 rings (SSSR count). The molecule has 0 aromatic heterocycles. The van der Waals surface area contributed by atoms with Crippen molar-refractivity contribution in [2.45, 2.75) is 56.2 Å². The van der Waals surface area contributed by atoms with Gasteiger partial charge in [-0.2, -0.15) is 0 Å². The molecule has 6 nitrogen and oxygen atoms in total. The topological polar surface area (TPSA) is 70.7 Å². The minimum atomic E-state index is -2.34. The van der Waals surface area contributed by atoms with Gasteiger partial charge in [0, 0.05) is 34.2 Å². The number of hydrogen-bond acceptors (Lipinski definition) is 4. The van der Waals surface area contributed by atoms with Crippen molar-refractivity contribution in [1.29, 1.82) is 0 Å². The van der Waals surface area contributed by atoms with Gasteiger partial charge in [0.25, 0.3) is 0 Å². The summed E-state index contributed by atoms with van der Waals surface area (Å²) in [4.78, 5) is 14.9. The summed E-state index contributed by atoms with van der Waals surface area (Å²) in [6.45, 7) is 1.40. The lowest BCUT2D eigenvalue weighted by Gasteiger charge is -2.32. The number of carbonyl (C=O) groups is 1. The van der Waals surface area contributed by atoms with Crippen molar-refractivity contribution < 1.29 is 13.7 Å². The number of nitrogens with zero attached hydrogens (tertiary/aromatic N) is 1. The molecule has 4 aliphatic rings. The van der Waals surface area contributed by atoms with Gasteiger partial charge in [0.2, 0.25) is 5.91 Å². The number of nitrogens with one attached hydrogen (secondary N) is 2. The van der Waals surface area contributed by atoms with Crippen molar-refractivity contribution >= 4 is 27.2 Å². The van der Waals surface area contributed by atoms with Crippen molar-refractivity contribution in [1.82, 2.24) is 9.62 Å². The minimum Gasteiger partial charge on any atom is -0.376 e. The third-order valence-corrected chi connectivity index (χ3v) is 7.08. The number of anilines is 1. The highest BCUT2D eigenvalue weighted by atomic mass is 32.2. The molecule has 0 spiro atoms. The van der Waals surface area contributed by atoms with Crippen LogP contribution in [-0.4, -0.2) is 65.0 Å². The maximum atomic E-state index is 13.0. The second-order valence-corrected chi connectivity index (χ2v) is 10.7. The smallest absolute Gasteiger partial charge is 0.242 e. The maximum Gasteiger partial charge on any atom is 0.242 e. The Bertz CT molecular complexity index is 818. The highest BCUT2D eigenvalue weighted by molar-refractivity contribution is 7.97.